The molecular formula is C17H24N2O2. The van der Waals surface area contributed by atoms with Gasteiger partial charge in [0.05, 0.1) is 25.3 Å². The van der Waals surface area contributed by atoms with Gasteiger partial charge in [0.15, 0.2) is 0 Å². The van der Waals surface area contributed by atoms with Crippen molar-refractivity contribution in [3.63, 3.8) is 0 Å². The minimum atomic E-state index is 0.180. The van der Waals surface area contributed by atoms with Gasteiger partial charge in [-0.3, -0.25) is 9.69 Å². The molecule has 2 fully saturated rings. The van der Waals surface area contributed by atoms with Crippen molar-refractivity contribution >= 4 is 5.91 Å². The van der Waals surface area contributed by atoms with Gasteiger partial charge in [0.2, 0.25) is 5.91 Å². The smallest absolute Gasteiger partial charge is 0.236 e. The number of ether oxygens (including phenoxy) is 1. The fourth-order valence-corrected chi connectivity index (χ4v) is 2.98. The first-order valence-electron chi connectivity index (χ1n) is 7.81. The highest BCUT2D eigenvalue weighted by Gasteiger charge is 2.33. The van der Waals surface area contributed by atoms with Crippen molar-refractivity contribution in [2.75, 3.05) is 26.7 Å². The van der Waals surface area contributed by atoms with Crippen LogP contribution in [-0.4, -0.2) is 54.6 Å². The Morgan fingerprint density at radius 1 is 1.33 bits per heavy atom. The molecule has 21 heavy (non-hydrogen) atoms. The van der Waals surface area contributed by atoms with E-state index in [1.807, 2.05) is 30.1 Å². The van der Waals surface area contributed by atoms with Gasteiger partial charge in [-0.15, -0.1) is 0 Å². The lowest BCUT2D eigenvalue weighted by Gasteiger charge is -2.39. The molecule has 1 saturated heterocycles. The van der Waals surface area contributed by atoms with E-state index >= 15 is 0 Å². The van der Waals surface area contributed by atoms with Crippen molar-refractivity contribution in [1.82, 2.24) is 9.80 Å². The van der Waals surface area contributed by atoms with Crippen LogP contribution in [0.15, 0.2) is 30.3 Å². The number of hydrogen-bond donors (Lipinski definition) is 0. The Morgan fingerprint density at radius 3 is 2.71 bits per heavy atom. The molecule has 3 rings (SSSR count). The number of carbonyl (C=O) groups is 1. The van der Waals surface area contributed by atoms with E-state index in [2.05, 4.69) is 24.0 Å². The third kappa shape index (κ3) is 3.44. The molecule has 0 unspecified atom stereocenters. The third-order valence-corrected chi connectivity index (χ3v) is 4.48. The Hall–Kier alpha value is -1.39. The zero-order valence-electron chi connectivity index (χ0n) is 12.9. The highest BCUT2D eigenvalue weighted by atomic mass is 16.5. The van der Waals surface area contributed by atoms with Gasteiger partial charge in [0.1, 0.15) is 0 Å². The summed E-state index contributed by atoms with van der Waals surface area (Å²) in [6.07, 6.45) is 2.50. The highest BCUT2D eigenvalue weighted by molar-refractivity contribution is 5.78. The molecule has 4 heteroatoms. The molecule has 2 atom stereocenters. The number of likely N-dealkylation sites (N-methyl/N-ethyl adjacent to an activating group) is 1. The summed E-state index contributed by atoms with van der Waals surface area (Å²) in [5.74, 6) is 0.229. The maximum Gasteiger partial charge on any atom is 0.236 e. The zero-order valence-corrected chi connectivity index (χ0v) is 12.9. The van der Waals surface area contributed by atoms with Crippen LogP contribution in [-0.2, 0) is 9.53 Å². The van der Waals surface area contributed by atoms with Crippen molar-refractivity contribution in [1.29, 1.82) is 0 Å². The van der Waals surface area contributed by atoms with Gasteiger partial charge in [-0.25, -0.2) is 0 Å². The molecule has 0 spiro atoms. The van der Waals surface area contributed by atoms with Crippen LogP contribution >= 0.6 is 0 Å². The second-order valence-corrected chi connectivity index (χ2v) is 6.24. The Kier molecular flexibility index (Phi) is 4.27. The molecule has 1 heterocycles. The molecule has 4 nitrogen and oxygen atoms in total. The molecule has 2 aliphatic rings. The lowest BCUT2D eigenvalue weighted by molar-refractivity contribution is -0.135. The van der Waals surface area contributed by atoms with E-state index in [1.54, 1.807) is 0 Å². The number of nitrogens with zero attached hydrogens (tertiary/aromatic N) is 2. The molecule has 0 N–H and O–H groups in total. The summed E-state index contributed by atoms with van der Waals surface area (Å²) in [6.45, 7) is 4.03. The highest BCUT2D eigenvalue weighted by Crippen LogP contribution is 2.28. The summed E-state index contributed by atoms with van der Waals surface area (Å²) in [6, 6.07) is 11.0. The molecule has 114 valence electrons. The lowest BCUT2D eigenvalue weighted by Crippen LogP contribution is -2.48. The Labute approximate surface area is 126 Å². The van der Waals surface area contributed by atoms with Crippen LogP contribution in [0.3, 0.4) is 0 Å². The number of benzene rings is 1. The van der Waals surface area contributed by atoms with Crippen molar-refractivity contribution < 1.29 is 9.53 Å². The predicted octanol–water partition coefficient (Wildman–Crippen LogP) is 2.07. The summed E-state index contributed by atoms with van der Waals surface area (Å²) in [5, 5.41) is 0. The first-order valence-corrected chi connectivity index (χ1v) is 7.81. The van der Waals surface area contributed by atoms with E-state index in [-0.39, 0.29) is 18.1 Å². The first kappa shape index (κ1) is 14.5. The maximum atomic E-state index is 12.4. The Morgan fingerprint density at radius 2 is 2.05 bits per heavy atom. The van der Waals surface area contributed by atoms with E-state index in [9.17, 15) is 4.79 Å². The van der Waals surface area contributed by atoms with Crippen molar-refractivity contribution in [2.24, 2.45) is 0 Å². The molecule has 0 aromatic heterocycles. The average Bonchev–Trinajstić information content (AvgIpc) is 3.32. The van der Waals surface area contributed by atoms with Gasteiger partial charge < -0.3 is 9.64 Å². The van der Waals surface area contributed by atoms with E-state index in [0.717, 1.165) is 19.4 Å². The summed E-state index contributed by atoms with van der Waals surface area (Å²) >= 11 is 0. The van der Waals surface area contributed by atoms with Gasteiger partial charge >= 0.3 is 0 Å². The molecule has 1 aromatic carbocycles. The summed E-state index contributed by atoms with van der Waals surface area (Å²) in [4.78, 5) is 16.6. The van der Waals surface area contributed by atoms with Gasteiger partial charge in [-0.2, -0.15) is 0 Å². The van der Waals surface area contributed by atoms with E-state index < -0.39 is 0 Å². The monoisotopic (exact) mass is 288 g/mol. The summed E-state index contributed by atoms with van der Waals surface area (Å²) in [5.41, 5.74) is 1.23. The predicted molar refractivity (Wildman–Crippen MR) is 82.0 cm³/mol. The van der Waals surface area contributed by atoms with E-state index in [4.69, 9.17) is 4.74 Å². The number of hydrogen-bond acceptors (Lipinski definition) is 3. The molecule has 1 saturated carbocycles. The van der Waals surface area contributed by atoms with Crippen LogP contribution in [0.2, 0.25) is 0 Å². The molecule has 0 bridgehead atoms. The van der Waals surface area contributed by atoms with Gasteiger partial charge in [0.25, 0.3) is 0 Å². The van der Waals surface area contributed by atoms with Crippen LogP contribution in [0.4, 0.5) is 0 Å². The van der Waals surface area contributed by atoms with E-state index in [0.29, 0.717) is 19.2 Å². The van der Waals surface area contributed by atoms with Crippen molar-refractivity contribution in [2.45, 2.75) is 38.0 Å². The fourth-order valence-electron chi connectivity index (χ4n) is 2.98. The summed E-state index contributed by atoms with van der Waals surface area (Å²) in [7, 11) is 1.93. The number of rotatable bonds is 4. The van der Waals surface area contributed by atoms with Gasteiger partial charge in [-0.1, -0.05) is 30.3 Å². The second kappa shape index (κ2) is 6.16. The van der Waals surface area contributed by atoms with Crippen LogP contribution in [0.5, 0.6) is 0 Å². The van der Waals surface area contributed by atoms with Crippen molar-refractivity contribution in [3.8, 4) is 0 Å². The van der Waals surface area contributed by atoms with Crippen LogP contribution < -0.4 is 0 Å². The molecular weight excluding hydrogens is 264 g/mol. The number of morpholine rings is 1. The molecule has 1 amide bonds. The topological polar surface area (TPSA) is 32.8 Å². The number of amides is 1. The lowest BCUT2D eigenvalue weighted by atomic mass is 10.0. The minimum Gasteiger partial charge on any atom is -0.375 e. The largest absolute Gasteiger partial charge is 0.375 e. The Balaban J connectivity index is 1.70. The Bertz CT molecular complexity index is 487. The third-order valence-electron chi connectivity index (χ3n) is 4.48. The summed E-state index contributed by atoms with van der Waals surface area (Å²) < 4.78 is 5.81. The molecule has 1 aliphatic heterocycles. The number of carbonyl (C=O) groups excluding carboxylic acids is 1. The standard InChI is InChI=1S/C17H24N2O2/c1-13-10-19(11-17(20)18(2)15-8-9-15)16(12-21-13)14-6-4-3-5-7-14/h3-7,13,15-16H,8-12H2,1-2H3/t13-,16-/m0/s1. The molecule has 0 radical (unpaired) electrons. The normalized spacial score (nSPS) is 26.6. The average molecular weight is 288 g/mol. The van der Waals surface area contributed by atoms with Crippen molar-refractivity contribution in [3.05, 3.63) is 35.9 Å². The van der Waals surface area contributed by atoms with E-state index in [1.165, 1.54) is 5.56 Å². The van der Waals surface area contributed by atoms with Crippen LogP contribution in [0.1, 0.15) is 31.4 Å². The molecule has 1 aromatic rings. The quantitative estimate of drug-likeness (QED) is 0.850. The molecule has 1 aliphatic carbocycles. The second-order valence-electron chi connectivity index (χ2n) is 6.24. The minimum absolute atomic E-state index is 0.180. The van der Waals surface area contributed by atoms with Gasteiger partial charge in [0, 0.05) is 19.6 Å². The maximum absolute atomic E-state index is 12.4. The zero-order chi connectivity index (χ0) is 14.8. The SMILES string of the molecule is C[C@H]1CN(CC(=O)N(C)C2CC2)[C@H](c2ccccc2)CO1. The first-order chi connectivity index (χ1) is 10.1. The fraction of sp³-hybridized carbons (Fsp3) is 0.588. The van der Waals surface area contributed by atoms with Crippen LogP contribution in [0, 0.1) is 0 Å². The van der Waals surface area contributed by atoms with Crippen LogP contribution in [0.25, 0.3) is 0 Å². The van der Waals surface area contributed by atoms with Gasteiger partial charge in [-0.05, 0) is 25.3 Å².